The molecule has 0 radical (unpaired) electrons. The van der Waals surface area contributed by atoms with Gasteiger partial charge in [-0.05, 0) is 19.3 Å². The predicted molar refractivity (Wildman–Crippen MR) is 48.7 cm³/mol. The lowest BCUT2D eigenvalue weighted by atomic mass is 10.1. The average molecular weight is 162 g/mol. The minimum absolute atomic E-state index is 0. The Labute approximate surface area is 70.6 Å². The summed E-state index contributed by atoms with van der Waals surface area (Å²) in [5, 5.41) is 7.57. The van der Waals surface area contributed by atoms with Crippen molar-refractivity contribution in [2.75, 3.05) is 19.8 Å². The summed E-state index contributed by atoms with van der Waals surface area (Å²) in [6.45, 7) is 6.16. The summed E-state index contributed by atoms with van der Waals surface area (Å²) in [6, 6.07) is 0. The molecule has 0 amide bonds. The van der Waals surface area contributed by atoms with Crippen LogP contribution in [0.1, 0.15) is 34.1 Å². The van der Waals surface area contributed by atoms with Crippen LogP contribution >= 0.6 is 0 Å². The van der Waals surface area contributed by atoms with Crippen molar-refractivity contribution in [1.29, 1.82) is 0 Å². The van der Waals surface area contributed by atoms with Crippen LogP contribution in [0.2, 0.25) is 0 Å². The van der Waals surface area contributed by atoms with Gasteiger partial charge in [0.15, 0.2) is 0 Å². The first-order valence-corrected chi connectivity index (χ1v) is 4.03. The van der Waals surface area contributed by atoms with Gasteiger partial charge in [-0.25, -0.2) is 0 Å². The molecule has 0 aromatic rings. The second-order valence-corrected chi connectivity index (χ2v) is 2.45. The molecule has 1 fully saturated rings. The summed E-state index contributed by atoms with van der Waals surface area (Å²) in [5.41, 5.74) is 0. The van der Waals surface area contributed by atoms with Gasteiger partial charge in [-0.2, -0.15) is 0 Å². The molecule has 1 unspecified atom stereocenters. The summed E-state index contributed by atoms with van der Waals surface area (Å²) in [4.78, 5) is 0. The Morgan fingerprint density at radius 1 is 1.45 bits per heavy atom. The van der Waals surface area contributed by atoms with E-state index in [-0.39, 0.29) is 14.0 Å². The number of ether oxygens (including phenoxy) is 1. The van der Waals surface area contributed by atoms with Crippen LogP contribution in [-0.2, 0) is 4.74 Å². The topological polar surface area (TPSA) is 29.5 Å². The van der Waals surface area contributed by atoms with Crippen molar-refractivity contribution in [1.82, 2.24) is 0 Å². The largest absolute Gasteiger partial charge is 0.397 e. The first-order valence-electron chi connectivity index (χ1n) is 4.03. The van der Waals surface area contributed by atoms with E-state index >= 15 is 0 Å². The highest BCUT2D eigenvalue weighted by molar-refractivity contribution is 4.60. The molecule has 1 heterocycles. The van der Waals surface area contributed by atoms with Gasteiger partial charge in [0.05, 0.1) is 0 Å². The highest BCUT2D eigenvalue weighted by Gasteiger charge is 2.11. The molecule has 1 saturated heterocycles. The number of aliphatic hydroxyl groups excluding tert-OH is 1. The maximum absolute atomic E-state index is 7.57. The molecule has 0 bridgehead atoms. The highest BCUT2D eigenvalue weighted by atomic mass is 16.5. The van der Waals surface area contributed by atoms with Gasteiger partial charge in [-0.3, -0.25) is 0 Å². The lowest BCUT2D eigenvalue weighted by molar-refractivity contribution is 0.185. The van der Waals surface area contributed by atoms with E-state index < -0.39 is 0 Å². The van der Waals surface area contributed by atoms with Gasteiger partial charge in [0.1, 0.15) is 0 Å². The molecule has 70 valence electrons. The quantitative estimate of drug-likeness (QED) is 0.639. The van der Waals surface area contributed by atoms with Crippen molar-refractivity contribution in [2.45, 2.75) is 34.1 Å². The zero-order chi connectivity index (χ0) is 7.82. The molecule has 0 spiro atoms. The highest BCUT2D eigenvalue weighted by Crippen LogP contribution is 2.14. The Bertz CT molecular complexity index is 58.6. The van der Waals surface area contributed by atoms with E-state index in [1.807, 2.05) is 0 Å². The molecule has 1 aliphatic heterocycles. The standard InChI is InChI=1S/C6H12O.C2H6O.CH4/c1-2-6-3-4-7-5-6;1-2-3;/h6H,2-5H2,1H3;3H,2H2,1H3;1H4. The first-order chi connectivity index (χ1) is 4.85. The van der Waals surface area contributed by atoms with E-state index in [4.69, 9.17) is 9.84 Å². The summed E-state index contributed by atoms with van der Waals surface area (Å²) in [7, 11) is 0. The smallest absolute Gasteiger partial charge is 0.0495 e. The second kappa shape index (κ2) is 9.92. The fourth-order valence-electron chi connectivity index (χ4n) is 0.905. The maximum atomic E-state index is 7.57. The van der Waals surface area contributed by atoms with E-state index in [1.165, 1.54) is 12.8 Å². The molecule has 0 aromatic heterocycles. The number of aliphatic hydroxyl groups is 1. The van der Waals surface area contributed by atoms with Crippen molar-refractivity contribution in [2.24, 2.45) is 5.92 Å². The number of rotatable bonds is 1. The summed E-state index contributed by atoms with van der Waals surface area (Å²) in [6.07, 6.45) is 2.58. The van der Waals surface area contributed by atoms with Gasteiger partial charge in [-0.1, -0.05) is 20.8 Å². The summed E-state index contributed by atoms with van der Waals surface area (Å²) < 4.78 is 5.15. The Hall–Kier alpha value is -0.0800. The van der Waals surface area contributed by atoms with Crippen molar-refractivity contribution in [3.8, 4) is 0 Å². The van der Waals surface area contributed by atoms with Gasteiger partial charge >= 0.3 is 0 Å². The van der Waals surface area contributed by atoms with E-state index in [2.05, 4.69) is 6.92 Å². The molecule has 2 nitrogen and oxygen atoms in total. The van der Waals surface area contributed by atoms with Crippen LogP contribution in [0.5, 0.6) is 0 Å². The van der Waals surface area contributed by atoms with Crippen LogP contribution in [0.25, 0.3) is 0 Å². The Morgan fingerprint density at radius 3 is 2.18 bits per heavy atom. The van der Waals surface area contributed by atoms with Crippen molar-refractivity contribution < 1.29 is 9.84 Å². The molecule has 0 aromatic carbocycles. The normalized spacial score (nSPS) is 21.5. The van der Waals surface area contributed by atoms with Crippen LogP contribution in [0, 0.1) is 5.92 Å². The van der Waals surface area contributed by atoms with Crippen LogP contribution in [0.4, 0.5) is 0 Å². The third-order valence-electron chi connectivity index (χ3n) is 1.60. The summed E-state index contributed by atoms with van der Waals surface area (Å²) >= 11 is 0. The lowest BCUT2D eigenvalue weighted by Crippen LogP contribution is -1.94. The second-order valence-electron chi connectivity index (χ2n) is 2.45. The van der Waals surface area contributed by atoms with Crippen molar-refractivity contribution in [3.05, 3.63) is 0 Å². The van der Waals surface area contributed by atoms with E-state index in [0.29, 0.717) is 0 Å². The maximum Gasteiger partial charge on any atom is 0.0495 e. The molecule has 1 rings (SSSR count). The van der Waals surface area contributed by atoms with Crippen LogP contribution < -0.4 is 0 Å². The van der Waals surface area contributed by atoms with Crippen LogP contribution in [0.15, 0.2) is 0 Å². The molecular weight excluding hydrogens is 140 g/mol. The molecule has 1 atom stereocenters. The minimum Gasteiger partial charge on any atom is -0.397 e. The van der Waals surface area contributed by atoms with E-state index in [0.717, 1.165) is 19.1 Å². The zero-order valence-corrected chi connectivity index (χ0v) is 6.97. The van der Waals surface area contributed by atoms with Gasteiger partial charge < -0.3 is 9.84 Å². The number of hydrogen-bond donors (Lipinski definition) is 1. The van der Waals surface area contributed by atoms with Crippen molar-refractivity contribution >= 4 is 0 Å². The molecule has 1 aliphatic rings. The first kappa shape index (κ1) is 13.5. The molecule has 0 aliphatic carbocycles. The Morgan fingerprint density at radius 2 is 2.00 bits per heavy atom. The predicted octanol–water partition coefficient (Wildman–Crippen LogP) is 2.07. The fraction of sp³-hybridized carbons (Fsp3) is 1.00. The van der Waals surface area contributed by atoms with Gasteiger partial charge in [0.2, 0.25) is 0 Å². The van der Waals surface area contributed by atoms with Gasteiger partial charge in [0.25, 0.3) is 0 Å². The van der Waals surface area contributed by atoms with E-state index in [1.54, 1.807) is 6.92 Å². The van der Waals surface area contributed by atoms with Crippen LogP contribution in [0.3, 0.4) is 0 Å². The fourth-order valence-corrected chi connectivity index (χ4v) is 0.905. The third kappa shape index (κ3) is 7.82. The number of hydrogen-bond acceptors (Lipinski definition) is 2. The van der Waals surface area contributed by atoms with Crippen LogP contribution in [-0.4, -0.2) is 24.9 Å². The molecule has 11 heavy (non-hydrogen) atoms. The average Bonchev–Trinajstić information content (AvgIpc) is 2.39. The zero-order valence-electron chi connectivity index (χ0n) is 6.97. The minimum atomic E-state index is 0. The van der Waals surface area contributed by atoms with Crippen molar-refractivity contribution in [3.63, 3.8) is 0 Å². The molecule has 2 heteroatoms. The van der Waals surface area contributed by atoms with Gasteiger partial charge in [-0.15, -0.1) is 0 Å². The molecule has 0 saturated carbocycles. The molecular formula is C9H22O2. The SMILES string of the molecule is C.CCC1CCOC1.CCO. The van der Waals surface area contributed by atoms with E-state index in [9.17, 15) is 0 Å². The van der Waals surface area contributed by atoms with Gasteiger partial charge in [0, 0.05) is 19.8 Å². The summed E-state index contributed by atoms with van der Waals surface area (Å²) in [5.74, 6) is 0.875. The Balaban J connectivity index is 0. The third-order valence-corrected chi connectivity index (χ3v) is 1.60. The Kier molecular flexibility index (Phi) is 12.2. The molecule has 1 N–H and O–H groups in total. The monoisotopic (exact) mass is 162 g/mol. The lowest BCUT2D eigenvalue weighted by Gasteiger charge is -1.97.